The molecule has 0 heterocycles. The molecule has 13 heavy (non-hydrogen) atoms. The molecule has 0 amide bonds. The summed E-state index contributed by atoms with van der Waals surface area (Å²) in [5, 5.41) is 6.48. The average Bonchev–Trinajstić information content (AvgIpc) is 2.21. The molecule has 0 aliphatic heterocycles. The van der Waals surface area contributed by atoms with Gasteiger partial charge in [-0.2, -0.15) is 0 Å². The number of benzene rings is 1. The second kappa shape index (κ2) is 5.73. The van der Waals surface area contributed by atoms with Crippen LogP contribution in [0.25, 0.3) is 0 Å². The normalized spacial score (nSPS) is 12.8. The van der Waals surface area contributed by atoms with Crippen LogP contribution >= 0.6 is 0 Å². The van der Waals surface area contributed by atoms with Gasteiger partial charge in [0.25, 0.3) is 0 Å². The summed E-state index contributed by atoms with van der Waals surface area (Å²) in [4.78, 5) is 0. The second-order valence-corrected chi connectivity index (χ2v) is 3.14. The Hall–Kier alpha value is -0.860. The molecular formula is C11H18N2. The van der Waals surface area contributed by atoms with Gasteiger partial charge in [-0.15, -0.1) is 0 Å². The molecular weight excluding hydrogens is 160 g/mol. The molecule has 0 saturated carbocycles. The maximum absolute atomic E-state index is 3.31. The molecule has 0 radical (unpaired) electrons. The Labute approximate surface area is 80.4 Å². The standard InChI is InChI=1S/C11H18N2/c1-12-9-8-11(13-2)10-6-4-3-5-7-10/h3-7,11-13H,8-9H2,1-2H3. The molecule has 2 N–H and O–H groups in total. The summed E-state index contributed by atoms with van der Waals surface area (Å²) < 4.78 is 0. The summed E-state index contributed by atoms with van der Waals surface area (Å²) in [6.45, 7) is 1.04. The van der Waals surface area contributed by atoms with E-state index in [1.54, 1.807) is 0 Å². The summed E-state index contributed by atoms with van der Waals surface area (Å²) in [5.74, 6) is 0. The van der Waals surface area contributed by atoms with Crippen molar-refractivity contribution >= 4 is 0 Å². The molecule has 2 heteroatoms. The molecule has 1 atom stereocenters. The molecule has 0 aromatic heterocycles. The Bertz CT molecular complexity index is 221. The van der Waals surface area contributed by atoms with Crippen molar-refractivity contribution in [1.82, 2.24) is 10.6 Å². The Morgan fingerprint density at radius 2 is 1.85 bits per heavy atom. The van der Waals surface area contributed by atoms with Gasteiger partial charge in [-0.05, 0) is 32.6 Å². The quantitative estimate of drug-likeness (QED) is 0.715. The monoisotopic (exact) mass is 178 g/mol. The van der Waals surface area contributed by atoms with E-state index in [4.69, 9.17) is 0 Å². The van der Waals surface area contributed by atoms with Gasteiger partial charge < -0.3 is 10.6 Å². The fourth-order valence-electron chi connectivity index (χ4n) is 1.45. The van der Waals surface area contributed by atoms with Crippen molar-refractivity contribution in [1.29, 1.82) is 0 Å². The lowest BCUT2D eigenvalue weighted by Crippen LogP contribution is -2.21. The van der Waals surface area contributed by atoms with Gasteiger partial charge in [-0.1, -0.05) is 30.3 Å². The molecule has 0 aliphatic rings. The highest BCUT2D eigenvalue weighted by Crippen LogP contribution is 2.14. The predicted molar refractivity (Wildman–Crippen MR) is 56.8 cm³/mol. The minimum atomic E-state index is 0.466. The van der Waals surface area contributed by atoms with E-state index in [1.165, 1.54) is 5.56 Å². The summed E-state index contributed by atoms with van der Waals surface area (Å²) in [6.07, 6.45) is 1.12. The van der Waals surface area contributed by atoms with Crippen LogP contribution < -0.4 is 10.6 Å². The molecule has 0 aliphatic carbocycles. The van der Waals surface area contributed by atoms with E-state index in [-0.39, 0.29) is 0 Å². The summed E-state index contributed by atoms with van der Waals surface area (Å²) in [7, 11) is 3.99. The smallest absolute Gasteiger partial charge is 0.0329 e. The van der Waals surface area contributed by atoms with Crippen LogP contribution in [0.2, 0.25) is 0 Å². The van der Waals surface area contributed by atoms with Crippen molar-refractivity contribution in [3.63, 3.8) is 0 Å². The number of rotatable bonds is 5. The predicted octanol–water partition coefficient (Wildman–Crippen LogP) is 1.56. The zero-order valence-electron chi connectivity index (χ0n) is 8.38. The van der Waals surface area contributed by atoms with E-state index in [9.17, 15) is 0 Å². The van der Waals surface area contributed by atoms with Gasteiger partial charge in [-0.3, -0.25) is 0 Å². The molecule has 0 fully saturated rings. The Balaban J connectivity index is 2.56. The van der Waals surface area contributed by atoms with Crippen LogP contribution in [-0.4, -0.2) is 20.6 Å². The Morgan fingerprint density at radius 1 is 1.15 bits per heavy atom. The van der Waals surface area contributed by atoms with Crippen LogP contribution in [0.15, 0.2) is 30.3 Å². The van der Waals surface area contributed by atoms with Crippen LogP contribution in [0.1, 0.15) is 18.0 Å². The van der Waals surface area contributed by atoms with Crippen molar-refractivity contribution in [2.45, 2.75) is 12.5 Å². The highest BCUT2D eigenvalue weighted by Gasteiger charge is 2.06. The molecule has 0 spiro atoms. The van der Waals surface area contributed by atoms with Crippen LogP contribution in [0.3, 0.4) is 0 Å². The topological polar surface area (TPSA) is 24.1 Å². The van der Waals surface area contributed by atoms with E-state index in [2.05, 4.69) is 34.9 Å². The van der Waals surface area contributed by atoms with Gasteiger partial charge in [0.05, 0.1) is 0 Å². The molecule has 2 nitrogen and oxygen atoms in total. The van der Waals surface area contributed by atoms with Gasteiger partial charge in [0.15, 0.2) is 0 Å². The average molecular weight is 178 g/mol. The number of nitrogens with one attached hydrogen (secondary N) is 2. The number of hydrogen-bond acceptors (Lipinski definition) is 2. The largest absolute Gasteiger partial charge is 0.320 e. The molecule has 72 valence electrons. The minimum absolute atomic E-state index is 0.466. The maximum Gasteiger partial charge on any atom is 0.0329 e. The molecule has 1 aromatic rings. The highest BCUT2D eigenvalue weighted by atomic mass is 14.9. The summed E-state index contributed by atoms with van der Waals surface area (Å²) >= 11 is 0. The highest BCUT2D eigenvalue weighted by molar-refractivity contribution is 5.18. The van der Waals surface area contributed by atoms with E-state index < -0.39 is 0 Å². The zero-order valence-corrected chi connectivity index (χ0v) is 8.38. The third-order valence-electron chi connectivity index (χ3n) is 2.23. The third-order valence-corrected chi connectivity index (χ3v) is 2.23. The fraction of sp³-hybridized carbons (Fsp3) is 0.455. The molecule has 0 saturated heterocycles. The van der Waals surface area contributed by atoms with E-state index in [1.807, 2.05) is 20.2 Å². The second-order valence-electron chi connectivity index (χ2n) is 3.14. The van der Waals surface area contributed by atoms with Crippen molar-refractivity contribution in [3.05, 3.63) is 35.9 Å². The van der Waals surface area contributed by atoms with E-state index in [0.29, 0.717) is 6.04 Å². The molecule has 1 rings (SSSR count). The van der Waals surface area contributed by atoms with Crippen molar-refractivity contribution in [2.75, 3.05) is 20.6 Å². The van der Waals surface area contributed by atoms with Gasteiger partial charge in [0, 0.05) is 6.04 Å². The first-order valence-electron chi connectivity index (χ1n) is 4.75. The molecule has 0 bridgehead atoms. The van der Waals surface area contributed by atoms with Gasteiger partial charge in [-0.25, -0.2) is 0 Å². The summed E-state index contributed by atoms with van der Waals surface area (Å²) in [6, 6.07) is 11.0. The van der Waals surface area contributed by atoms with E-state index in [0.717, 1.165) is 13.0 Å². The first-order chi connectivity index (χ1) is 6.38. The minimum Gasteiger partial charge on any atom is -0.320 e. The molecule has 1 aromatic carbocycles. The Kier molecular flexibility index (Phi) is 4.50. The van der Waals surface area contributed by atoms with Crippen LogP contribution in [0.5, 0.6) is 0 Å². The van der Waals surface area contributed by atoms with Crippen LogP contribution in [0.4, 0.5) is 0 Å². The van der Waals surface area contributed by atoms with Crippen molar-refractivity contribution in [3.8, 4) is 0 Å². The SMILES string of the molecule is CNCCC(NC)c1ccccc1. The summed E-state index contributed by atoms with van der Waals surface area (Å²) in [5.41, 5.74) is 1.36. The third kappa shape index (κ3) is 3.17. The fourth-order valence-corrected chi connectivity index (χ4v) is 1.45. The maximum atomic E-state index is 3.31. The molecule has 1 unspecified atom stereocenters. The van der Waals surface area contributed by atoms with Gasteiger partial charge >= 0.3 is 0 Å². The lowest BCUT2D eigenvalue weighted by atomic mass is 10.0. The zero-order chi connectivity index (χ0) is 9.52. The lowest BCUT2D eigenvalue weighted by molar-refractivity contribution is 0.533. The van der Waals surface area contributed by atoms with Crippen LogP contribution in [0, 0.1) is 0 Å². The first kappa shape index (κ1) is 10.2. The van der Waals surface area contributed by atoms with Crippen molar-refractivity contribution < 1.29 is 0 Å². The van der Waals surface area contributed by atoms with Gasteiger partial charge in [0.1, 0.15) is 0 Å². The lowest BCUT2D eigenvalue weighted by Gasteiger charge is -2.15. The van der Waals surface area contributed by atoms with Crippen LogP contribution in [-0.2, 0) is 0 Å². The number of hydrogen-bond donors (Lipinski definition) is 2. The van der Waals surface area contributed by atoms with Gasteiger partial charge in [0.2, 0.25) is 0 Å². The van der Waals surface area contributed by atoms with Crippen molar-refractivity contribution in [2.24, 2.45) is 0 Å². The Morgan fingerprint density at radius 3 is 2.38 bits per heavy atom. The first-order valence-corrected chi connectivity index (χ1v) is 4.75. The van der Waals surface area contributed by atoms with E-state index >= 15 is 0 Å².